The van der Waals surface area contributed by atoms with Gasteiger partial charge in [0.1, 0.15) is 0 Å². The summed E-state index contributed by atoms with van der Waals surface area (Å²) in [5.41, 5.74) is 12.5. The summed E-state index contributed by atoms with van der Waals surface area (Å²) in [5, 5.41) is 7.80. The van der Waals surface area contributed by atoms with Crippen molar-refractivity contribution >= 4 is 49.4 Å². The van der Waals surface area contributed by atoms with Gasteiger partial charge in [0.25, 0.3) is 0 Å². The molecule has 1 heteroatoms. The average molecular weight is 668 g/mol. The van der Waals surface area contributed by atoms with E-state index in [2.05, 4.69) is 220 Å². The summed E-state index contributed by atoms with van der Waals surface area (Å²) in [6, 6.07) is 69.5. The number of hydrogen-bond acceptors (Lipinski definition) is 1. The predicted molar refractivity (Wildman–Crippen MR) is 225 cm³/mol. The van der Waals surface area contributed by atoms with Gasteiger partial charge in [-0.25, -0.2) is 0 Å². The first-order valence-electron chi connectivity index (χ1n) is 18.0. The van der Waals surface area contributed by atoms with Crippen molar-refractivity contribution in [1.29, 1.82) is 0 Å². The second kappa shape index (κ2) is 14.4. The van der Waals surface area contributed by atoms with Crippen molar-refractivity contribution in [2.75, 3.05) is 4.90 Å². The van der Waals surface area contributed by atoms with Gasteiger partial charge in [0.05, 0.1) is 0 Å². The Bertz CT molecular complexity index is 2650. The van der Waals surface area contributed by atoms with Gasteiger partial charge < -0.3 is 4.90 Å². The number of benzene rings is 9. The third-order valence-corrected chi connectivity index (χ3v) is 10.0. The molecule has 0 spiro atoms. The smallest absolute Gasteiger partial charge is 0.0468 e. The van der Waals surface area contributed by atoms with Crippen LogP contribution in [0.15, 0.2) is 194 Å². The van der Waals surface area contributed by atoms with Crippen LogP contribution < -0.4 is 4.90 Å². The van der Waals surface area contributed by atoms with Crippen LogP contribution in [0.4, 0.5) is 17.1 Å². The summed E-state index contributed by atoms with van der Waals surface area (Å²) in [6.07, 6.45) is 0. The molecule has 0 amide bonds. The lowest BCUT2D eigenvalue weighted by Crippen LogP contribution is -2.10. The number of hydrogen-bond donors (Lipinski definition) is 0. The minimum atomic E-state index is 1.15. The summed E-state index contributed by atoms with van der Waals surface area (Å²) in [4.78, 5) is 2.33. The first-order chi connectivity index (χ1) is 25.5. The quantitative estimate of drug-likeness (QED) is 0.177. The molecule has 0 radical (unpaired) electrons. The number of anilines is 3. The standard InChI is InChI=1S/C29H23N.C22H18/c1-22-14-17-27(18-15-22)30(29-19-16-24-10-5-6-11-25(24)21-29)28-13-7-12-26(20-28)23-8-3-2-4-9-23;1-15-7-5-9-18-10-6-12-20(21(15)18)22-16(2)13-14-17-8-3-4-11-19(17)22/h2-21H,1H3;3-14H,1-2H3. The van der Waals surface area contributed by atoms with Crippen molar-refractivity contribution in [3.8, 4) is 22.3 Å². The summed E-state index contributed by atoms with van der Waals surface area (Å²) < 4.78 is 0. The molecule has 0 aliphatic rings. The average Bonchev–Trinajstić information content (AvgIpc) is 3.19. The van der Waals surface area contributed by atoms with E-state index in [1.165, 1.54) is 71.3 Å². The molecule has 0 saturated carbocycles. The van der Waals surface area contributed by atoms with Crippen LogP contribution >= 0.6 is 0 Å². The predicted octanol–water partition coefficient (Wildman–Crippen LogP) is 14.6. The SMILES string of the molecule is Cc1ccc(N(c2cccc(-c3ccccc3)c2)c2ccc3ccccc3c2)cc1.Cc1ccc2ccccc2c1-c1cccc2cccc(C)c12. The monoisotopic (exact) mass is 667 g/mol. The van der Waals surface area contributed by atoms with Gasteiger partial charge in [-0.15, -0.1) is 0 Å². The van der Waals surface area contributed by atoms with Crippen LogP contribution in [0.5, 0.6) is 0 Å². The van der Waals surface area contributed by atoms with Crippen molar-refractivity contribution in [2.24, 2.45) is 0 Å². The Balaban J connectivity index is 0.000000156. The van der Waals surface area contributed by atoms with Crippen molar-refractivity contribution in [3.05, 3.63) is 211 Å². The van der Waals surface area contributed by atoms with E-state index in [4.69, 9.17) is 0 Å². The maximum absolute atomic E-state index is 2.33. The van der Waals surface area contributed by atoms with E-state index >= 15 is 0 Å². The molecule has 0 aliphatic heterocycles. The van der Waals surface area contributed by atoms with E-state index in [0.717, 1.165) is 17.1 Å². The fraction of sp³-hybridized carbons (Fsp3) is 0.0588. The highest BCUT2D eigenvalue weighted by atomic mass is 15.1. The Hall–Kier alpha value is -6.44. The highest BCUT2D eigenvalue weighted by Crippen LogP contribution is 2.39. The van der Waals surface area contributed by atoms with Gasteiger partial charge in [0, 0.05) is 17.1 Å². The molecular formula is C51H41N. The molecule has 0 aliphatic carbocycles. The Labute approximate surface area is 307 Å². The van der Waals surface area contributed by atoms with E-state index in [0.29, 0.717) is 0 Å². The van der Waals surface area contributed by atoms with Crippen LogP contribution in [0.1, 0.15) is 16.7 Å². The maximum atomic E-state index is 2.33. The molecule has 0 atom stereocenters. The molecule has 0 bridgehead atoms. The van der Waals surface area contributed by atoms with Gasteiger partial charge in [0.2, 0.25) is 0 Å². The molecule has 0 N–H and O–H groups in total. The zero-order valence-corrected chi connectivity index (χ0v) is 29.9. The molecule has 250 valence electrons. The molecule has 9 aromatic rings. The van der Waals surface area contributed by atoms with E-state index in [9.17, 15) is 0 Å². The Kier molecular flexibility index (Phi) is 9.08. The molecule has 1 nitrogen and oxygen atoms in total. The fourth-order valence-corrected chi connectivity index (χ4v) is 7.39. The highest BCUT2D eigenvalue weighted by molar-refractivity contribution is 6.07. The second-order valence-electron chi connectivity index (χ2n) is 13.6. The second-order valence-corrected chi connectivity index (χ2v) is 13.6. The van der Waals surface area contributed by atoms with Crippen molar-refractivity contribution < 1.29 is 0 Å². The molecule has 0 saturated heterocycles. The first-order valence-corrected chi connectivity index (χ1v) is 18.0. The van der Waals surface area contributed by atoms with Crippen molar-refractivity contribution in [1.82, 2.24) is 0 Å². The Morgan fingerprint density at radius 2 is 0.942 bits per heavy atom. The first kappa shape index (κ1) is 32.7. The normalized spacial score (nSPS) is 11.0. The summed E-state index contributed by atoms with van der Waals surface area (Å²) in [6.45, 7) is 6.53. The highest BCUT2D eigenvalue weighted by Gasteiger charge is 2.15. The van der Waals surface area contributed by atoms with Gasteiger partial charge in [0.15, 0.2) is 0 Å². The van der Waals surface area contributed by atoms with E-state index in [-0.39, 0.29) is 0 Å². The molecular weight excluding hydrogens is 627 g/mol. The topological polar surface area (TPSA) is 3.24 Å². The van der Waals surface area contributed by atoms with Crippen molar-refractivity contribution in [3.63, 3.8) is 0 Å². The molecule has 0 unspecified atom stereocenters. The van der Waals surface area contributed by atoms with Crippen LogP contribution in [0.3, 0.4) is 0 Å². The molecule has 0 aromatic heterocycles. The lowest BCUT2D eigenvalue weighted by Gasteiger charge is -2.26. The molecule has 9 aromatic carbocycles. The Morgan fingerprint density at radius 1 is 0.346 bits per heavy atom. The molecule has 52 heavy (non-hydrogen) atoms. The third-order valence-electron chi connectivity index (χ3n) is 10.0. The van der Waals surface area contributed by atoms with E-state index < -0.39 is 0 Å². The zero-order chi connectivity index (χ0) is 35.4. The summed E-state index contributed by atoms with van der Waals surface area (Å²) >= 11 is 0. The lowest BCUT2D eigenvalue weighted by molar-refractivity contribution is 1.28. The van der Waals surface area contributed by atoms with E-state index in [1.807, 2.05) is 0 Å². The van der Waals surface area contributed by atoms with Gasteiger partial charge in [-0.2, -0.15) is 0 Å². The third kappa shape index (κ3) is 6.57. The van der Waals surface area contributed by atoms with Crippen LogP contribution in [0.2, 0.25) is 0 Å². The molecule has 9 rings (SSSR count). The van der Waals surface area contributed by atoms with Gasteiger partial charge in [-0.3, -0.25) is 0 Å². The minimum absolute atomic E-state index is 1.15. The van der Waals surface area contributed by atoms with Crippen LogP contribution in [-0.4, -0.2) is 0 Å². The van der Waals surface area contributed by atoms with Gasteiger partial charge in [-0.1, -0.05) is 163 Å². The van der Waals surface area contributed by atoms with Crippen LogP contribution in [0.25, 0.3) is 54.6 Å². The van der Waals surface area contributed by atoms with E-state index in [1.54, 1.807) is 0 Å². The van der Waals surface area contributed by atoms with Crippen molar-refractivity contribution in [2.45, 2.75) is 20.8 Å². The van der Waals surface area contributed by atoms with Gasteiger partial charge in [-0.05, 0) is 123 Å². The van der Waals surface area contributed by atoms with Gasteiger partial charge >= 0.3 is 0 Å². The largest absolute Gasteiger partial charge is 0.310 e. The molecule has 0 heterocycles. The fourth-order valence-electron chi connectivity index (χ4n) is 7.39. The summed E-state index contributed by atoms with van der Waals surface area (Å²) in [7, 11) is 0. The van der Waals surface area contributed by atoms with Crippen LogP contribution in [-0.2, 0) is 0 Å². The number of fused-ring (bicyclic) bond motifs is 3. The number of nitrogens with zero attached hydrogens (tertiary/aromatic N) is 1. The lowest BCUT2D eigenvalue weighted by atomic mass is 9.89. The minimum Gasteiger partial charge on any atom is -0.310 e. The summed E-state index contributed by atoms with van der Waals surface area (Å²) in [5.74, 6) is 0. The molecule has 0 fully saturated rings. The Morgan fingerprint density at radius 3 is 1.75 bits per heavy atom. The zero-order valence-electron chi connectivity index (χ0n) is 29.9. The maximum Gasteiger partial charge on any atom is 0.0468 e. The number of aryl methyl sites for hydroxylation is 3. The number of rotatable bonds is 5. The van der Waals surface area contributed by atoms with Crippen LogP contribution in [0, 0.1) is 20.8 Å².